The molecule has 5 rings (SSSR count). The Morgan fingerprint density at radius 3 is 2.48 bits per heavy atom. The van der Waals surface area contributed by atoms with E-state index in [1.54, 1.807) is 12.1 Å². The van der Waals surface area contributed by atoms with Gasteiger partial charge in [-0.15, -0.1) is 0 Å². The molecule has 5 nitrogen and oxygen atoms in total. The zero-order valence-corrected chi connectivity index (χ0v) is 24.1. The molecule has 0 fully saturated rings. The van der Waals surface area contributed by atoms with Gasteiger partial charge in [-0.05, 0) is 44.4 Å². The topological polar surface area (TPSA) is 55.0 Å². The number of aryl methyl sites for hydroxylation is 1. The van der Waals surface area contributed by atoms with Gasteiger partial charge in [0.15, 0.2) is 5.43 Å². The average Bonchev–Trinajstić information content (AvgIpc) is 3.24. The summed E-state index contributed by atoms with van der Waals surface area (Å²) in [5.41, 5.74) is 4.26. The van der Waals surface area contributed by atoms with Crippen molar-refractivity contribution in [1.82, 2.24) is 4.90 Å². The minimum Gasteiger partial charge on any atom is -0.489 e. The summed E-state index contributed by atoms with van der Waals surface area (Å²) >= 11 is 0. The molecule has 0 amide bonds. The van der Waals surface area contributed by atoms with E-state index in [-0.39, 0.29) is 22.9 Å². The molecule has 0 saturated heterocycles. The van der Waals surface area contributed by atoms with Crippen molar-refractivity contribution in [3.05, 3.63) is 124 Å². The average molecular weight is 535 g/mol. The summed E-state index contributed by atoms with van der Waals surface area (Å²) in [5.74, 6) is 2.40. The van der Waals surface area contributed by atoms with E-state index < -0.39 is 0 Å². The predicted molar refractivity (Wildman–Crippen MR) is 164 cm³/mol. The fourth-order valence-electron chi connectivity index (χ4n) is 5.53. The Balaban J connectivity index is 1.71. The summed E-state index contributed by atoms with van der Waals surface area (Å²) in [4.78, 5) is 21.7. The predicted octanol–water partition coefficient (Wildman–Crippen LogP) is 7.50. The maximum atomic E-state index is 14.2. The molecule has 1 aliphatic heterocycles. The van der Waals surface area contributed by atoms with E-state index in [9.17, 15) is 4.79 Å². The van der Waals surface area contributed by atoms with Crippen LogP contribution in [0.5, 0.6) is 5.75 Å². The quantitative estimate of drug-likeness (QED) is 0.209. The summed E-state index contributed by atoms with van der Waals surface area (Å²) in [5, 5.41) is 0.553. The van der Waals surface area contributed by atoms with Crippen LogP contribution in [0.2, 0.25) is 0 Å². The van der Waals surface area contributed by atoms with Crippen molar-refractivity contribution in [2.45, 2.75) is 52.6 Å². The molecule has 3 aromatic carbocycles. The molecule has 2 heterocycles. The number of hydrogen-bond donors (Lipinski definition) is 0. The summed E-state index contributed by atoms with van der Waals surface area (Å²) in [6.45, 7) is 15.6. The van der Waals surface area contributed by atoms with Crippen molar-refractivity contribution in [3.8, 4) is 5.75 Å². The lowest BCUT2D eigenvalue weighted by atomic mass is 9.91. The van der Waals surface area contributed by atoms with Crippen LogP contribution in [0.4, 0.5) is 0 Å². The molecule has 4 aromatic rings. The Morgan fingerprint density at radius 1 is 1.07 bits per heavy atom. The van der Waals surface area contributed by atoms with Crippen LogP contribution >= 0.6 is 0 Å². The Kier molecular flexibility index (Phi) is 7.66. The summed E-state index contributed by atoms with van der Waals surface area (Å²) in [6, 6.07) is 23.9. The highest BCUT2D eigenvalue weighted by atomic mass is 16.5. The van der Waals surface area contributed by atoms with Crippen molar-refractivity contribution in [2.75, 3.05) is 13.2 Å². The van der Waals surface area contributed by atoms with Crippen LogP contribution in [0, 0.1) is 12.8 Å². The van der Waals surface area contributed by atoms with Gasteiger partial charge < -0.3 is 14.1 Å². The molecular formula is C35H38N2O3. The molecule has 0 bridgehead atoms. The molecule has 5 heteroatoms. The van der Waals surface area contributed by atoms with Crippen molar-refractivity contribution in [2.24, 2.45) is 10.9 Å². The Bertz CT molecular complexity index is 1600. The molecule has 0 saturated carbocycles. The zero-order valence-electron chi connectivity index (χ0n) is 24.1. The maximum absolute atomic E-state index is 14.2. The molecule has 206 valence electrons. The lowest BCUT2D eigenvalue weighted by Gasteiger charge is -2.35. The van der Waals surface area contributed by atoms with Gasteiger partial charge in [-0.25, -0.2) is 0 Å². The smallest absolute Gasteiger partial charge is 0.196 e. The minimum absolute atomic E-state index is 0.00620. The van der Waals surface area contributed by atoms with Crippen LogP contribution in [0.3, 0.4) is 0 Å². The summed E-state index contributed by atoms with van der Waals surface area (Å²) < 4.78 is 12.6. The third kappa shape index (κ3) is 5.60. The van der Waals surface area contributed by atoms with E-state index >= 15 is 0 Å². The fourth-order valence-corrected chi connectivity index (χ4v) is 5.53. The van der Waals surface area contributed by atoms with Crippen molar-refractivity contribution >= 4 is 16.8 Å². The number of hydrogen-bond acceptors (Lipinski definition) is 5. The molecular weight excluding hydrogens is 496 g/mol. The van der Waals surface area contributed by atoms with E-state index in [4.69, 9.17) is 14.1 Å². The first-order valence-electron chi connectivity index (χ1n) is 14.0. The van der Waals surface area contributed by atoms with Crippen LogP contribution < -0.4 is 10.2 Å². The standard InChI is InChI=1S/C35H38N2O3/c1-7-19-39-27-17-18-28-30(21-27)40-33(29(32(28)38)20-25-11-9-8-10-12-25)31(23(2)3)37-22-35(5,6)36-34(37)26-15-13-24(4)14-16-26/h7-18,21,23,31H,1,19-20,22H2,2-6H3/t31-/m1/s1. The number of ether oxygens (including phenoxy) is 1. The lowest BCUT2D eigenvalue weighted by Crippen LogP contribution is -2.39. The molecule has 1 aliphatic rings. The van der Waals surface area contributed by atoms with Crippen LogP contribution in [0.15, 0.2) is 99.7 Å². The second kappa shape index (κ2) is 11.2. The number of rotatable bonds is 9. The zero-order chi connectivity index (χ0) is 28.4. The van der Waals surface area contributed by atoms with Crippen LogP contribution in [-0.2, 0) is 6.42 Å². The Hall–Kier alpha value is -4.12. The number of nitrogens with zero attached hydrogens (tertiary/aromatic N) is 2. The van der Waals surface area contributed by atoms with Gasteiger partial charge in [-0.1, -0.05) is 86.7 Å². The molecule has 0 N–H and O–H groups in total. The largest absolute Gasteiger partial charge is 0.489 e. The van der Waals surface area contributed by atoms with Crippen molar-refractivity contribution in [1.29, 1.82) is 0 Å². The summed E-state index contributed by atoms with van der Waals surface area (Å²) in [7, 11) is 0. The fraction of sp³-hybridized carbons (Fsp3) is 0.314. The van der Waals surface area contributed by atoms with Gasteiger partial charge >= 0.3 is 0 Å². The van der Waals surface area contributed by atoms with Gasteiger partial charge in [0.05, 0.1) is 17.0 Å². The Labute approximate surface area is 236 Å². The molecule has 40 heavy (non-hydrogen) atoms. The number of amidine groups is 1. The van der Waals surface area contributed by atoms with Gasteiger partial charge in [0, 0.05) is 30.2 Å². The van der Waals surface area contributed by atoms with E-state index in [1.165, 1.54) is 5.56 Å². The second-order valence-corrected chi connectivity index (χ2v) is 11.6. The molecule has 0 unspecified atom stereocenters. The molecule has 0 spiro atoms. The maximum Gasteiger partial charge on any atom is 0.196 e. The normalized spacial score (nSPS) is 15.3. The molecule has 0 aliphatic carbocycles. The number of benzene rings is 3. The third-order valence-electron chi connectivity index (χ3n) is 7.36. The van der Waals surface area contributed by atoms with E-state index in [2.05, 4.69) is 82.5 Å². The SMILES string of the molecule is C=CCOc1ccc2c(=O)c(Cc3ccccc3)c([C@@H](C(C)C)N3CC(C)(C)N=C3c3ccc(C)cc3)oc2c1. The monoisotopic (exact) mass is 534 g/mol. The highest BCUT2D eigenvalue weighted by Gasteiger charge is 2.40. The van der Waals surface area contributed by atoms with Crippen LogP contribution in [-0.4, -0.2) is 29.4 Å². The van der Waals surface area contributed by atoms with Gasteiger partial charge in [0.2, 0.25) is 0 Å². The molecule has 0 radical (unpaired) electrons. The highest BCUT2D eigenvalue weighted by Crippen LogP contribution is 2.39. The van der Waals surface area contributed by atoms with Gasteiger partial charge in [0.25, 0.3) is 0 Å². The first kappa shape index (κ1) is 27.4. The molecule has 1 atom stereocenters. The highest BCUT2D eigenvalue weighted by molar-refractivity contribution is 6.00. The van der Waals surface area contributed by atoms with Gasteiger partial charge in [-0.3, -0.25) is 9.79 Å². The van der Waals surface area contributed by atoms with Crippen LogP contribution in [0.25, 0.3) is 11.0 Å². The van der Waals surface area contributed by atoms with Crippen molar-refractivity contribution in [3.63, 3.8) is 0 Å². The van der Waals surface area contributed by atoms with Gasteiger partial charge in [0.1, 0.15) is 29.5 Å². The number of fused-ring (bicyclic) bond motifs is 1. The molecule has 1 aromatic heterocycles. The van der Waals surface area contributed by atoms with Crippen molar-refractivity contribution < 1.29 is 9.15 Å². The van der Waals surface area contributed by atoms with Crippen LogP contribution in [0.1, 0.15) is 61.8 Å². The van der Waals surface area contributed by atoms with E-state index in [1.807, 2.05) is 30.3 Å². The third-order valence-corrected chi connectivity index (χ3v) is 7.36. The second-order valence-electron chi connectivity index (χ2n) is 11.6. The summed E-state index contributed by atoms with van der Waals surface area (Å²) in [6.07, 6.45) is 2.19. The lowest BCUT2D eigenvalue weighted by molar-refractivity contribution is 0.210. The first-order chi connectivity index (χ1) is 19.2. The minimum atomic E-state index is -0.282. The van der Waals surface area contributed by atoms with E-state index in [0.717, 1.165) is 17.0 Å². The first-order valence-corrected chi connectivity index (χ1v) is 14.0. The van der Waals surface area contributed by atoms with Gasteiger partial charge in [-0.2, -0.15) is 0 Å². The Morgan fingerprint density at radius 2 is 1.80 bits per heavy atom. The number of aliphatic imine (C=N–C) groups is 1. The van der Waals surface area contributed by atoms with E-state index in [0.29, 0.717) is 47.6 Å².